The molecule has 1 aliphatic carbocycles. The lowest BCUT2D eigenvalue weighted by Crippen LogP contribution is -2.38. The normalized spacial score (nSPS) is 20.8. The molecule has 0 radical (unpaired) electrons. The highest BCUT2D eigenvalue weighted by atomic mass is 35.5. The highest BCUT2D eigenvalue weighted by Crippen LogP contribution is 2.46. The number of nitrogens with one attached hydrogen (secondary N) is 1. The minimum absolute atomic E-state index is 0.0324. The standard InChI is InChI=1S/C24H24ClNO5/c1-29-20-10-15(11-21(30-2)24(20)31-3)14-8-18-23(19(27)9-14)17(12-22(28)26-18)13-5-4-6-16(25)7-13/h4-7,10-11,14,17H,8-9,12H2,1-3H3,(H,26,28)/t14-,17+/m1/s1. The number of ether oxygens (including phenoxy) is 3. The summed E-state index contributed by atoms with van der Waals surface area (Å²) in [7, 11) is 4.67. The van der Waals surface area contributed by atoms with Crippen LogP contribution in [0.4, 0.5) is 0 Å². The number of Topliss-reactive ketones (excluding diaryl/α,β-unsaturated/α-hetero) is 1. The lowest BCUT2D eigenvalue weighted by molar-refractivity contribution is -0.122. The van der Waals surface area contributed by atoms with Crippen molar-refractivity contribution in [3.63, 3.8) is 0 Å². The van der Waals surface area contributed by atoms with Gasteiger partial charge in [-0.15, -0.1) is 0 Å². The number of carbonyl (C=O) groups is 2. The van der Waals surface area contributed by atoms with E-state index in [0.29, 0.717) is 46.4 Å². The largest absolute Gasteiger partial charge is 0.493 e. The molecule has 0 saturated carbocycles. The van der Waals surface area contributed by atoms with Gasteiger partial charge in [0.1, 0.15) is 0 Å². The van der Waals surface area contributed by atoms with Crippen LogP contribution in [0.3, 0.4) is 0 Å². The van der Waals surface area contributed by atoms with E-state index in [2.05, 4.69) is 5.32 Å². The van der Waals surface area contributed by atoms with E-state index in [0.717, 1.165) is 11.1 Å². The fourth-order valence-corrected chi connectivity index (χ4v) is 4.74. The van der Waals surface area contributed by atoms with Gasteiger partial charge in [-0.3, -0.25) is 9.59 Å². The van der Waals surface area contributed by atoms with E-state index >= 15 is 0 Å². The number of rotatable bonds is 5. The zero-order valence-electron chi connectivity index (χ0n) is 17.7. The van der Waals surface area contributed by atoms with E-state index in [1.54, 1.807) is 27.4 Å². The topological polar surface area (TPSA) is 73.9 Å². The van der Waals surface area contributed by atoms with Crippen LogP contribution in [-0.4, -0.2) is 33.0 Å². The van der Waals surface area contributed by atoms with Crippen LogP contribution in [0.5, 0.6) is 17.2 Å². The van der Waals surface area contributed by atoms with Gasteiger partial charge in [-0.05, 0) is 47.7 Å². The Morgan fingerprint density at radius 2 is 1.61 bits per heavy atom. The molecular weight excluding hydrogens is 418 g/mol. The van der Waals surface area contributed by atoms with Crippen molar-refractivity contribution in [3.8, 4) is 17.2 Å². The van der Waals surface area contributed by atoms with Gasteiger partial charge in [-0.1, -0.05) is 23.7 Å². The zero-order valence-corrected chi connectivity index (χ0v) is 18.4. The molecule has 2 aromatic carbocycles. The Bertz CT molecular complexity index is 1050. The summed E-state index contributed by atoms with van der Waals surface area (Å²) in [6, 6.07) is 11.1. The first-order chi connectivity index (χ1) is 14.9. The minimum Gasteiger partial charge on any atom is -0.493 e. The van der Waals surface area contributed by atoms with Gasteiger partial charge in [0.2, 0.25) is 11.7 Å². The highest BCUT2D eigenvalue weighted by Gasteiger charge is 2.38. The molecule has 2 aliphatic rings. The Labute approximate surface area is 186 Å². The number of hydrogen-bond acceptors (Lipinski definition) is 5. The van der Waals surface area contributed by atoms with Crippen LogP contribution in [0.2, 0.25) is 5.02 Å². The fourth-order valence-electron chi connectivity index (χ4n) is 4.54. The van der Waals surface area contributed by atoms with Crippen LogP contribution in [0.15, 0.2) is 47.7 Å². The quantitative estimate of drug-likeness (QED) is 0.745. The smallest absolute Gasteiger partial charge is 0.225 e. The number of halogens is 1. The Morgan fingerprint density at radius 3 is 2.23 bits per heavy atom. The van der Waals surface area contributed by atoms with Crippen molar-refractivity contribution in [2.24, 2.45) is 0 Å². The third-order valence-corrected chi connectivity index (χ3v) is 6.18. The summed E-state index contributed by atoms with van der Waals surface area (Å²) in [5.41, 5.74) is 3.16. The van der Waals surface area contributed by atoms with E-state index in [1.165, 1.54) is 0 Å². The van der Waals surface area contributed by atoms with Crippen LogP contribution in [0, 0.1) is 0 Å². The maximum absolute atomic E-state index is 13.3. The predicted molar refractivity (Wildman–Crippen MR) is 117 cm³/mol. The number of methoxy groups -OCH3 is 3. The number of hydrogen-bond donors (Lipinski definition) is 1. The minimum atomic E-state index is -0.282. The molecule has 0 aromatic heterocycles. The third kappa shape index (κ3) is 4.00. The molecule has 1 N–H and O–H groups in total. The first-order valence-electron chi connectivity index (χ1n) is 10.1. The summed E-state index contributed by atoms with van der Waals surface area (Å²) in [5, 5.41) is 3.53. The van der Waals surface area contributed by atoms with E-state index in [9.17, 15) is 9.59 Å². The van der Waals surface area contributed by atoms with Gasteiger partial charge in [0, 0.05) is 35.1 Å². The van der Waals surface area contributed by atoms with Crippen molar-refractivity contribution in [2.45, 2.75) is 31.1 Å². The number of carbonyl (C=O) groups excluding carboxylic acids is 2. The lowest BCUT2D eigenvalue weighted by Gasteiger charge is -2.34. The van der Waals surface area contributed by atoms with Gasteiger partial charge in [0.05, 0.1) is 21.3 Å². The Balaban J connectivity index is 1.73. The van der Waals surface area contributed by atoms with Crippen molar-refractivity contribution < 1.29 is 23.8 Å². The van der Waals surface area contributed by atoms with Crippen LogP contribution in [-0.2, 0) is 9.59 Å². The molecule has 0 fully saturated rings. The highest BCUT2D eigenvalue weighted by molar-refractivity contribution is 6.30. The molecule has 2 aromatic rings. The van der Waals surface area contributed by atoms with Crippen molar-refractivity contribution in [2.75, 3.05) is 21.3 Å². The van der Waals surface area contributed by atoms with Crippen LogP contribution < -0.4 is 19.5 Å². The summed E-state index contributed by atoms with van der Waals surface area (Å²) in [5.74, 6) is 1.12. The molecule has 6 nitrogen and oxygen atoms in total. The predicted octanol–water partition coefficient (Wildman–Crippen LogP) is 4.37. The van der Waals surface area contributed by atoms with Gasteiger partial charge < -0.3 is 19.5 Å². The van der Waals surface area contributed by atoms with Crippen molar-refractivity contribution in [3.05, 3.63) is 63.8 Å². The molecule has 4 rings (SSSR count). The van der Waals surface area contributed by atoms with Crippen LogP contribution in [0.1, 0.15) is 42.2 Å². The second-order valence-corrected chi connectivity index (χ2v) is 8.18. The molecule has 1 heterocycles. The molecule has 1 amide bonds. The third-order valence-electron chi connectivity index (χ3n) is 5.95. The van der Waals surface area contributed by atoms with Gasteiger partial charge in [-0.25, -0.2) is 0 Å². The molecule has 0 bridgehead atoms. The van der Waals surface area contributed by atoms with Crippen molar-refractivity contribution >= 4 is 23.3 Å². The molecule has 2 atom stereocenters. The monoisotopic (exact) mass is 441 g/mol. The molecule has 31 heavy (non-hydrogen) atoms. The lowest BCUT2D eigenvalue weighted by atomic mass is 9.73. The van der Waals surface area contributed by atoms with E-state index < -0.39 is 0 Å². The average Bonchev–Trinajstić information content (AvgIpc) is 2.77. The van der Waals surface area contributed by atoms with Gasteiger partial charge in [0.15, 0.2) is 17.3 Å². The van der Waals surface area contributed by atoms with Crippen LogP contribution in [0.25, 0.3) is 0 Å². The van der Waals surface area contributed by atoms with Crippen LogP contribution >= 0.6 is 11.6 Å². The first kappa shape index (κ1) is 21.2. The number of allylic oxidation sites excluding steroid dienone is 2. The molecular formula is C24H24ClNO5. The molecule has 0 unspecified atom stereocenters. The van der Waals surface area contributed by atoms with E-state index in [4.69, 9.17) is 25.8 Å². The van der Waals surface area contributed by atoms with Gasteiger partial charge in [-0.2, -0.15) is 0 Å². The van der Waals surface area contributed by atoms with Crippen molar-refractivity contribution in [1.82, 2.24) is 5.32 Å². The SMILES string of the molecule is COc1cc([C@H]2CC(=O)C3=C(C2)NC(=O)C[C@H]3c2cccc(Cl)c2)cc(OC)c1OC. The fraction of sp³-hybridized carbons (Fsp3) is 0.333. The Morgan fingerprint density at radius 1 is 0.903 bits per heavy atom. The summed E-state index contributed by atoms with van der Waals surface area (Å²) < 4.78 is 16.3. The summed E-state index contributed by atoms with van der Waals surface area (Å²) in [6.45, 7) is 0. The second kappa shape index (κ2) is 8.63. The summed E-state index contributed by atoms with van der Waals surface area (Å²) in [4.78, 5) is 25.8. The van der Waals surface area contributed by atoms with Gasteiger partial charge >= 0.3 is 0 Å². The average molecular weight is 442 g/mol. The molecule has 0 saturated heterocycles. The molecule has 0 spiro atoms. The van der Waals surface area contributed by atoms with E-state index in [1.807, 2.05) is 30.3 Å². The molecule has 7 heteroatoms. The van der Waals surface area contributed by atoms with E-state index in [-0.39, 0.29) is 29.9 Å². The maximum Gasteiger partial charge on any atom is 0.225 e. The first-order valence-corrected chi connectivity index (χ1v) is 10.4. The summed E-state index contributed by atoms with van der Waals surface area (Å²) >= 11 is 6.16. The second-order valence-electron chi connectivity index (χ2n) is 7.74. The Hall–Kier alpha value is -2.99. The van der Waals surface area contributed by atoms with Gasteiger partial charge in [0.25, 0.3) is 0 Å². The number of benzene rings is 2. The number of amides is 1. The maximum atomic E-state index is 13.3. The van der Waals surface area contributed by atoms with Crippen molar-refractivity contribution in [1.29, 1.82) is 0 Å². The molecule has 1 aliphatic heterocycles. The Kier molecular flexibility index (Phi) is 5.92. The zero-order chi connectivity index (χ0) is 22.1. The molecule has 162 valence electrons. The summed E-state index contributed by atoms with van der Waals surface area (Å²) in [6.07, 6.45) is 1.12. The number of ketones is 1.